The minimum Gasteiger partial charge on any atom is -0.366 e. The number of halogens is 1. The SMILES string of the molecule is CCCC1CN(c2cc(C)cc(Br)c2)C(C)CN1. The van der Waals surface area contributed by atoms with Gasteiger partial charge in [0, 0.05) is 35.3 Å². The molecule has 1 aliphatic rings. The lowest BCUT2D eigenvalue weighted by Gasteiger charge is -2.40. The fraction of sp³-hybridized carbons (Fsp3) is 0.600. The summed E-state index contributed by atoms with van der Waals surface area (Å²) in [7, 11) is 0. The van der Waals surface area contributed by atoms with Gasteiger partial charge in [-0.15, -0.1) is 0 Å². The molecule has 1 aromatic rings. The van der Waals surface area contributed by atoms with Crippen LogP contribution in [0, 0.1) is 6.92 Å². The maximum Gasteiger partial charge on any atom is 0.0387 e. The fourth-order valence-electron chi connectivity index (χ4n) is 2.71. The van der Waals surface area contributed by atoms with Gasteiger partial charge in [-0.2, -0.15) is 0 Å². The second-order valence-corrected chi connectivity index (χ2v) is 6.30. The van der Waals surface area contributed by atoms with Crippen molar-refractivity contribution >= 4 is 21.6 Å². The van der Waals surface area contributed by atoms with Crippen molar-refractivity contribution in [2.75, 3.05) is 18.0 Å². The summed E-state index contributed by atoms with van der Waals surface area (Å²) in [5.74, 6) is 0. The number of piperazine rings is 1. The molecule has 1 heterocycles. The maximum atomic E-state index is 3.65. The van der Waals surface area contributed by atoms with Gasteiger partial charge < -0.3 is 10.2 Å². The first-order chi connectivity index (χ1) is 8.60. The first-order valence-corrected chi connectivity index (χ1v) is 7.66. The smallest absolute Gasteiger partial charge is 0.0387 e. The molecule has 1 N–H and O–H groups in total. The van der Waals surface area contributed by atoms with Gasteiger partial charge in [-0.05, 0) is 44.0 Å². The van der Waals surface area contributed by atoms with Crippen molar-refractivity contribution in [2.24, 2.45) is 0 Å². The van der Waals surface area contributed by atoms with E-state index in [-0.39, 0.29) is 0 Å². The van der Waals surface area contributed by atoms with E-state index in [4.69, 9.17) is 0 Å². The second kappa shape index (κ2) is 6.07. The van der Waals surface area contributed by atoms with Crippen LogP contribution in [0.1, 0.15) is 32.3 Å². The zero-order valence-corrected chi connectivity index (χ0v) is 13.1. The van der Waals surface area contributed by atoms with Gasteiger partial charge in [0.25, 0.3) is 0 Å². The number of nitrogens with zero attached hydrogens (tertiary/aromatic N) is 1. The van der Waals surface area contributed by atoms with E-state index in [2.05, 4.69) is 65.1 Å². The first-order valence-electron chi connectivity index (χ1n) is 6.87. The Morgan fingerprint density at radius 1 is 1.39 bits per heavy atom. The van der Waals surface area contributed by atoms with Crippen molar-refractivity contribution in [3.05, 3.63) is 28.2 Å². The highest BCUT2D eigenvalue weighted by atomic mass is 79.9. The largest absolute Gasteiger partial charge is 0.366 e. The highest BCUT2D eigenvalue weighted by molar-refractivity contribution is 9.10. The number of benzene rings is 1. The van der Waals surface area contributed by atoms with Crippen molar-refractivity contribution in [1.29, 1.82) is 0 Å². The average Bonchev–Trinajstić information content (AvgIpc) is 2.30. The number of aryl methyl sites for hydroxylation is 1. The number of hydrogen-bond acceptors (Lipinski definition) is 2. The Bertz CT molecular complexity index is 385. The molecule has 0 aliphatic carbocycles. The third kappa shape index (κ3) is 3.27. The Balaban J connectivity index is 2.18. The van der Waals surface area contributed by atoms with Crippen LogP contribution in [0.25, 0.3) is 0 Å². The minimum atomic E-state index is 0.562. The van der Waals surface area contributed by atoms with E-state index in [1.807, 2.05) is 0 Å². The predicted molar refractivity (Wildman–Crippen MR) is 82.4 cm³/mol. The van der Waals surface area contributed by atoms with Gasteiger partial charge in [0.1, 0.15) is 0 Å². The van der Waals surface area contributed by atoms with Gasteiger partial charge >= 0.3 is 0 Å². The van der Waals surface area contributed by atoms with E-state index in [0.29, 0.717) is 12.1 Å². The van der Waals surface area contributed by atoms with Gasteiger partial charge in [0.15, 0.2) is 0 Å². The van der Waals surface area contributed by atoms with Crippen LogP contribution in [-0.4, -0.2) is 25.2 Å². The Labute approximate surface area is 119 Å². The Morgan fingerprint density at radius 3 is 2.83 bits per heavy atom. The summed E-state index contributed by atoms with van der Waals surface area (Å²) in [5.41, 5.74) is 2.66. The lowest BCUT2D eigenvalue weighted by molar-refractivity contribution is 0.386. The molecule has 0 aromatic heterocycles. The van der Waals surface area contributed by atoms with Crippen molar-refractivity contribution in [1.82, 2.24) is 5.32 Å². The summed E-state index contributed by atoms with van der Waals surface area (Å²) in [4.78, 5) is 2.54. The molecule has 1 aliphatic heterocycles. The van der Waals surface area contributed by atoms with Gasteiger partial charge in [-0.3, -0.25) is 0 Å². The lowest BCUT2D eigenvalue weighted by atomic mass is 10.0. The van der Waals surface area contributed by atoms with E-state index in [1.165, 1.54) is 28.6 Å². The number of rotatable bonds is 3. The molecule has 0 radical (unpaired) electrons. The van der Waals surface area contributed by atoms with E-state index >= 15 is 0 Å². The summed E-state index contributed by atoms with van der Waals surface area (Å²) < 4.78 is 1.18. The third-order valence-electron chi connectivity index (χ3n) is 3.65. The number of anilines is 1. The monoisotopic (exact) mass is 310 g/mol. The molecule has 0 bridgehead atoms. The maximum absolute atomic E-state index is 3.65. The van der Waals surface area contributed by atoms with Crippen LogP contribution in [0.5, 0.6) is 0 Å². The van der Waals surface area contributed by atoms with Crippen molar-refractivity contribution in [3.63, 3.8) is 0 Å². The zero-order valence-electron chi connectivity index (χ0n) is 11.5. The van der Waals surface area contributed by atoms with Crippen LogP contribution in [0.2, 0.25) is 0 Å². The van der Waals surface area contributed by atoms with Gasteiger partial charge in [-0.25, -0.2) is 0 Å². The Morgan fingerprint density at radius 2 is 2.17 bits per heavy atom. The van der Waals surface area contributed by atoms with Crippen LogP contribution >= 0.6 is 15.9 Å². The van der Waals surface area contributed by atoms with E-state index in [0.717, 1.165) is 13.1 Å². The van der Waals surface area contributed by atoms with Crippen molar-refractivity contribution < 1.29 is 0 Å². The first kappa shape index (κ1) is 13.9. The third-order valence-corrected chi connectivity index (χ3v) is 4.10. The summed E-state index contributed by atoms with van der Waals surface area (Å²) in [6, 6.07) is 7.88. The molecular weight excluding hydrogens is 288 g/mol. The summed E-state index contributed by atoms with van der Waals surface area (Å²) in [6.07, 6.45) is 2.51. The lowest BCUT2D eigenvalue weighted by Crippen LogP contribution is -2.55. The van der Waals surface area contributed by atoms with E-state index in [9.17, 15) is 0 Å². The quantitative estimate of drug-likeness (QED) is 0.915. The fourth-order valence-corrected chi connectivity index (χ4v) is 3.31. The van der Waals surface area contributed by atoms with Crippen LogP contribution in [0.3, 0.4) is 0 Å². The summed E-state index contributed by atoms with van der Waals surface area (Å²) in [5, 5.41) is 3.65. The van der Waals surface area contributed by atoms with Gasteiger partial charge in [0.2, 0.25) is 0 Å². The molecular formula is C15H23BrN2. The molecule has 18 heavy (non-hydrogen) atoms. The van der Waals surface area contributed by atoms with Crippen LogP contribution in [0.15, 0.2) is 22.7 Å². The normalized spacial score (nSPS) is 24.3. The molecule has 0 saturated carbocycles. The number of nitrogens with one attached hydrogen (secondary N) is 1. The zero-order chi connectivity index (χ0) is 13.1. The van der Waals surface area contributed by atoms with Crippen LogP contribution in [-0.2, 0) is 0 Å². The molecule has 2 nitrogen and oxygen atoms in total. The van der Waals surface area contributed by atoms with Crippen LogP contribution in [0.4, 0.5) is 5.69 Å². The molecule has 100 valence electrons. The van der Waals surface area contributed by atoms with Crippen molar-refractivity contribution in [2.45, 2.75) is 45.7 Å². The molecule has 2 rings (SSSR count). The molecule has 0 spiro atoms. The standard InChI is InChI=1S/C15H23BrN2/c1-4-5-14-10-18(12(3)9-17-14)15-7-11(2)6-13(16)8-15/h6-8,12,14,17H,4-5,9-10H2,1-3H3. The Hall–Kier alpha value is -0.540. The molecule has 0 amide bonds. The molecule has 1 saturated heterocycles. The Kier molecular flexibility index (Phi) is 4.68. The highest BCUT2D eigenvalue weighted by Crippen LogP contribution is 2.26. The molecule has 3 heteroatoms. The van der Waals surface area contributed by atoms with Gasteiger partial charge in [-0.1, -0.05) is 29.3 Å². The van der Waals surface area contributed by atoms with E-state index in [1.54, 1.807) is 0 Å². The van der Waals surface area contributed by atoms with E-state index < -0.39 is 0 Å². The highest BCUT2D eigenvalue weighted by Gasteiger charge is 2.24. The molecule has 2 unspecified atom stereocenters. The van der Waals surface area contributed by atoms with Crippen molar-refractivity contribution in [3.8, 4) is 0 Å². The topological polar surface area (TPSA) is 15.3 Å². The summed E-state index contributed by atoms with van der Waals surface area (Å²) in [6.45, 7) is 8.91. The van der Waals surface area contributed by atoms with Crippen LogP contribution < -0.4 is 10.2 Å². The molecule has 2 atom stereocenters. The summed E-state index contributed by atoms with van der Waals surface area (Å²) >= 11 is 3.60. The average molecular weight is 311 g/mol. The minimum absolute atomic E-state index is 0.562. The number of hydrogen-bond donors (Lipinski definition) is 1. The second-order valence-electron chi connectivity index (χ2n) is 5.38. The predicted octanol–water partition coefficient (Wildman–Crippen LogP) is 3.72. The van der Waals surface area contributed by atoms with Gasteiger partial charge in [0.05, 0.1) is 0 Å². The molecule has 1 aromatic carbocycles. The molecule has 1 fully saturated rings.